The van der Waals surface area contributed by atoms with Crippen LogP contribution < -0.4 is 65.9 Å². The molecule has 0 aliphatic carbocycles. The molecule has 0 aliphatic rings. The van der Waals surface area contributed by atoms with Crippen LogP contribution in [0.5, 0.6) is 0 Å². The number of nitrogens with one attached hydrogen (secondary N) is 7. The van der Waals surface area contributed by atoms with Crippen molar-refractivity contribution in [2.24, 2.45) is 28.7 Å². The molecule has 7 atom stereocenters. The number of carbonyl (C=O) groups is 9. The molecule has 0 unspecified atom stereocenters. The Morgan fingerprint density at radius 2 is 0.612 bits per heavy atom. The minimum Gasteiger partial charge on any atom is -0.480 e. The first-order valence-corrected chi connectivity index (χ1v) is 33.8. The van der Waals surface area contributed by atoms with E-state index in [2.05, 4.69) is 51.1 Å². The number of carboxylic acid groups (broad SMARTS) is 1. The van der Waals surface area contributed by atoms with E-state index < -0.39 is 102 Å². The number of aliphatic carboxylic acids is 1. The molecule has 8 amide bonds. The first-order valence-electron chi connectivity index (χ1n) is 32.6. The van der Waals surface area contributed by atoms with Crippen molar-refractivity contribution >= 4 is 65.0 Å². The van der Waals surface area contributed by atoms with Crippen LogP contribution in [-0.4, -0.2) is 150 Å². The molecule has 23 nitrogen and oxygen atoms in total. The fourth-order valence-electron chi connectivity index (χ4n) is 9.71. The third kappa shape index (κ3) is 42.8. The van der Waals surface area contributed by atoms with Gasteiger partial charge in [0.1, 0.15) is 42.3 Å². The van der Waals surface area contributed by atoms with Gasteiger partial charge in [-0.3, -0.25) is 38.4 Å². The van der Waals surface area contributed by atoms with E-state index in [-0.39, 0.29) is 56.6 Å². The molecule has 0 bridgehead atoms. The highest BCUT2D eigenvalue weighted by atomic mass is 32.2. The van der Waals surface area contributed by atoms with Crippen LogP contribution in [0.2, 0.25) is 0 Å². The van der Waals surface area contributed by atoms with Crippen LogP contribution in [0.25, 0.3) is 0 Å². The Labute approximate surface area is 513 Å². The molecule has 0 radical (unpaired) electrons. The van der Waals surface area contributed by atoms with E-state index in [1.807, 2.05) is 0 Å². The number of unbranched alkanes of at least 4 members (excludes halogenated alkanes) is 24. The van der Waals surface area contributed by atoms with Crippen molar-refractivity contribution in [2.75, 3.05) is 44.3 Å². The fraction of sp³-hybridized carbons (Fsp3) is 0.852. The first kappa shape index (κ1) is 80.4. The number of carboxylic acids is 1. The number of hydrogen-bond donors (Lipinski definition) is 14. The third-order valence-electron chi connectivity index (χ3n) is 15.0. The van der Waals surface area contributed by atoms with Crippen molar-refractivity contribution in [3.8, 4) is 0 Å². The van der Waals surface area contributed by atoms with Gasteiger partial charge in [-0.2, -0.15) is 11.8 Å². The summed E-state index contributed by atoms with van der Waals surface area (Å²) in [5.74, 6) is -7.09. The lowest BCUT2D eigenvalue weighted by Crippen LogP contribution is -2.60. The third-order valence-corrected chi connectivity index (χ3v) is 16.2. The summed E-state index contributed by atoms with van der Waals surface area (Å²) in [7, 11) is 0. The van der Waals surface area contributed by atoms with Gasteiger partial charge >= 0.3 is 5.97 Å². The molecule has 0 rings (SSSR count). The Morgan fingerprint density at radius 1 is 0.341 bits per heavy atom. The largest absolute Gasteiger partial charge is 0.480 e. The van der Waals surface area contributed by atoms with Gasteiger partial charge in [0.2, 0.25) is 47.3 Å². The second kappa shape index (κ2) is 54.7. The number of carbonyl (C=O) groups excluding carboxylic acids is 8. The van der Waals surface area contributed by atoms with Gasteiger partial charge in [0.25, 0.3) is 0 Å². The maximum Gasteiger partial charge on any atom is 0.327 e. The predicted molar refractivity (Wildman–Crippen MR) is 339 cm³/mol. The Balaban J connectivity index is 6.29. The van der Waals surface area contributed by atoms with Gasteiger partial charge in [-0.05, 0) is 116 Å². The maximum absolute atomic E-state index is 14.2. The van der Waals surface area contributed by atoms with E-state index in [1.54, 1.807) is 0 Å². The van der Waals surface area contributed by atoms with Crippen LogP contribution in [-0.2, 0) is 43.2 Å². The predicted octanol–water partition coefficient (Wildman–Crippen LogP) is 4.59. The van der Waals surface area contributed by atoms with Crippen molar-refractivity contribution in [3.05, 3.63) is 0 Å². The Bertz CT molecular complexity index is 1820. The highest BCUT2D eigenvalue weighted by Gasteiger charge is 2.33. The summed E-state index contributed by atoms with van der Waals surface area (Å²) in [5.41, 5.74) is 28.5. The second-order valence-corrected chi connectivity index (χ2v) is 23.8. The lowest BCUT2D eigenvalue weighted by molar-refractivity contribution is -0.141. The highest BCUT2D eigenvalue weighted by molar-refractivity contribution is 7.99. The Morgan fingerprint density at radius 3 is 0.929 bits per heavy atom. The lowest BCUT2D eigenvalue weighted by Gasteiger charge is -2.27. The zero-order chi connectivity index (χ0) is 63.3. The molecule has 19 N–H and O–H groups in total. The van der Waals surface area contributed by atoms with Crippen LogP contribution in [0.15, 0.2) is 0 Å². The zero-order valence-corrected chi connectivity index (χ0v) is 53.1. The molecule has 0 fully saturated rings. The van der Waals surface area contributed by atoms with E-state index >= 15 is 0 Å². The van der Waals surface area contributed by atoms with Gasteiger partial charge in [0, 0.05) is 24.3 Å². The zero-order valence-electron chi connectivity index (χ0n) is 52.3. The van der Waals surface area contributed by atoms with Crippen LogP contribution in [0.1, 0.15) is 245 Å². The number of amides is 8. The minimum absolute atomic E-state index is 0.0375. The van der Waals surface area contributed by atoms with Gasteiger partial charge < -0.3 is 76.1 Å². The van der Waals surface area contributed by atoms with E-state index in [0.717, 1.165) is 63.1 Å². The summed E-state index contributed by atoms with van der Waals surface area (Å²) >= 11 is 1.01. The summed E-state index contributed by atoms with van der Waals surface area (Å²) in [6.07, 6.45) is 28.7. The van der Waals surface area contributed by atoms with Crippen molar-refractivity contribution in [2.45, 2.75) is 287 Å². The monoisotopic (exact) mass is 1230 g/mol. The molecular weight excluding hydrogens is 1110 g/mol. The Kier molecular flexibility index (Phi) is 51.8. The smallest absolute Gasteiger partial charge is 0.327 e. The number of primary amides is 1. The van der Waals surface area contributed by atoms with Gasteiger partial charge in [-0.25, -0.2) is 4.79 Å². The highest BCUT2D eigenvalue weighted by Crippen LogP contribution is 2.16. The van der Waals surface area contributed by atoms with Gasteiger partial charge in [-0.1, -0.05) is 142 Å². The van der Waals surface area contributed by atoms with E-state index in [4.69, 9.17) is 28.7 Å². The first-order chi connectivity index (χ1) is 41.0. The molecular formula is C61H118N12O11S. The van der Waals surface area contributed by atoms with E-state index in [1.165, 1.54) is 77.0 Å². The van der Waals surface area contributed by atoms with E-state index in [0.29, 0.717) is 83.8 Å². The van der Waals surface area contributed by atoms with Crippen LogP contribution >= 0.6 is 11.8 Å². The van der Waals surface area contributed by atoms with Gasteiger partial charge in [-0.15, -0.1) is 0 Å². The molecule has 0 aromatic rings. The van der Waals surface area contributed by atoms with E-state index in [9.17, 15) is 53.4 Å². The van der Waals surface area contributed by atoms with Crippen molar-refractivity contribution in [1.29, 1.82) is 0 Å². The number of nitrogens with two attached hydrogens (primary N) is 5. The molecule has 494 valence electrons. The molecule has 0 saturated heterocycles. The average Bonchev–Trinajstić information content (AvgIpc) is 3.66. The topological polar surface area (TPSA) is 408 Å². The molecule has 0 aromatic carbocycles. The van der Waals surface area contributed by atoms with Crippen LogP contribution in [0.4, 0.5) is 0 Å². The number of hydrogen-bond acceptors (Lipinski definition) is 15. The van der Waals surface area contributed by atoms with Crippen molar-refractivity contribution in [1.82, 2.24) is 37.2 Å². The summed E-state index contributed by atoms with van der Waals surface area (Å²) in [4.78, 5) is 121. The maximum atomic E-state index is 14.2. The standard InChI is InChI=1S/C61H118N12O11S/c1-3-5-7-9-11-13-15-17-19-21-23-37-53(75)67-51(44-85-45-52(61(83)84)68-54(76)38-24-22-20-18-16-14-12-10-8-6-4-2)60(82)73-50(43-74)59(81)72-49(36-28-32-42-65)58(80)71-48(35-27-31-41-64)57(79)70-47(34-26-30-40-63)56(78)69-46(55(66)77)33-25-29-39-62/h46-52,74H,3-45,62-65H2,1-2H3,(H2,66,77)(H,67,75)(H,68,76)(H,69,78)(H,70,79)(H,71,80)(H,72,81)(H,73,82)(H,83,84)/t46-,47-,48-,49-,50-,51+,52-/m0/s1. The normalized spacial score (nSPS) is 13.7. The number of aliphatic hydroxyl groups excluding tert-OH is 1. The Hall–Kier alpha value is -4.62. The molecule has 0 aromatic heterocycles. The number of aliphatic hydroxyl groups is 1. The molecule has 0 spiro atoms. The summed E-state index contributed by atoms with van der Waals surface area (Å²) in [6.45, 7) is 4.74. The van der Waals surface area contributed by atoms with Crippen LogP contribution in [0, 0.1) is 0 Å². The number of rotatable bonds is 59. The quantitative estimate of drug-likeness (QED) is 0.0370. The molecule has 0 saturated carbocycles. The summed E-state index contributed by atoms with van der Waals surface area (Å²) < 4.78 is 0. The lowest BCUT2D eigenvalue weighted by atomic mass is 10.0. The minimum atomic E-state index is -1.63. The summed E-state index contributed by atoms with van der Waals surface area (Å²) in [6, 6.07) is -8.91. The molecule has 0 aliphatic heterocycles. The van der Waals surface area contributed by atoms with Gasteiger partial charge in [0.05, 0.1) is 6.61 Å². The average molecular weight is 1230 g/mol. The van der Waals surface area contributed by atoms with Crippen LogP contribution in [0.3, 0.4) is 0 Å². The fourth-order valence-corrected chi connectivity index (χ4v) is 10.8. The second-order valence-electron chi connectivity index (χ2n) is 22.7. The number of thioether (sulfide) groups is 1. The SMILES string of the molecule is CCCCCCCCCCCCCC(=O)N[C@@H](CSC[C@@H](NC(=O)CCCCCCCCCCCCC)C(=O)N[C@@H](CO)C(=O)N[C@@H](CCCCN)C(=O)N[C@@H](CCCCN)C(=O)N[C@@H](CCCCN)C(=O)N[C@@H](CCCCN)C(N)=O)C(=O)O. The van der Waals surface area contributed by atoms with Crippen molar-refractivity contribution in [3.63, 3.8) is 0 Å². The molecule has 0 heterocycles. The van der Waals surface area contributed by atoms with Crippen molar-refractivity contribution < 1.29 is 53.4 Å². The molecule has 85 heavy (non-hydrogen) atoms. The summed E-state index contributed by atoms with van der Waals surface area (Å²) in [5, 5.41) is 39.2. The van der Waals surface area contributed by atoms with Gasteiger partial charge in [0.15, 0.2) is 0 Å². The molecule has 24 heteroatoms.